The zero-order chi connectivity index (χ0) is 25.3. The molecule has 0 radical (unpaired) electrons. The number of aromatic nitrogens is 2. The Hall–Kier alpha value is -2.94. The van der Waals surface area contributed by atoms with Crippen molar-refractivity contribution in [3.63, 3.8) is 0 Å². The minimum Gasteiger partial charge on any atom is -0.493 e. The fraction of sp³-hybridized carbons (Fsp3) is 0.630. The van der Waals surface area contributed by atoms with Crippen LogP contribution >= 0.6 is 0 Å². The van der Waals surface area contributed by atoms with E-state index < -0.39 is 0 Å². The molecule has 1 N–H and O–H groups in total. The van der Waals surface area contributed by atoms with Crippen molar-refractivity contribution in [1.29, 1.82) is 0 Å². The van der Waals surface area contributed by atoms with Crippen molar-refractivity contribution in [2.45, 2.75) is 70.9 Å². The van der Waals surface area contributed by atoms with Crippen molar-refractivity contribution in [3.05, 3.63) is 41.6 Å². The number of rotatable bonds is 8. The lowest BCUT2D eigenvalue weighted by Crippen LogP contribution is -2.45. The van der Waals surface area contributed by atoms with Crippen molar-refractivity contribution >= 4 is 11.8 Å². The SMILES string of the molecule is CCOc1ccccc1C(=O)N1CCC2(CC1)CC(c1nnc(C(C)C)o1)N(CC(=O)NC1CC1)C2. The number of carbonyl (C=O) groups is 2. The van der Waals surface area contributed by atoms with Crippen molar-refractivity contribution in [2.24, 2.45) is 5.41 Å². The molecule has 9 nitrogen and oxygen atoms in total. The van der Waals surface area contributed by atoms with Gasteiger partial charge in [-0.25, -0.2) is 0 Å². The monoisotopic (exact) mass is 495 g/mol. The minimum atomic E-state index is -0.0871. The lowest BCUT2D eigenvalue weighted by Gasteiger charge is -2.39. The maximum Gasteiger partial charge on any atom is 0.257 e. The van der Waals surface area contributed by atoms with E-state index >= 15 is 0 Å². The van der Waals surface area contributed by atoms with Crippen LogP contribution in [0.25, 0.3) is 0 Å². The normalized spacial score (nSPS) is 21.8. The average molecular weight is 496 g/mol. The number of hydrogen-bond acceptors (Lipinski definition) is 7. The smallest absolute Gasteiger partial charge is 0.257 e. The molecule has 1 atom stereocenters. The van der Waals surface area contributed by atoms with Gasteiger partial charge in [-0.3, -0.25) is 14.5 Å². The second kappa shape index (κ2) is 10.2. The van der Waals surface area contributed by atoms with Gasteiger partial charge in [-0.2, -0.15) is 0 Å². The van der Waals surface area contributed by atoms with E-state index in [9.17, 15) is 9.59 Å². The Morgan fingerprint density at radius 1 is 1.19 bits per heavy atom. The molecule has 0 bridgehead atoms. The van der Waals surface area contributed by atoms with E-state index in [1.54, 1.807) is 0 Å². The van der Waals surface area contributed by atoms with Gasteiger partial charge in [0.15, 0.2) is 0 Å². The molecule has 5 rings (SSSR count). The molecule has 3 heterocycles. The number of nitrogens with zero attached hydrogens (tertiary/aromatic N) is 4. The van der Waals surface area contributed by atoms with Gasteiger partial charge >= 0.3 is 0 Å². The highest BCUT2D eigenvalue weighted by molar-refractivity contribution is 5.97. The maximum atomic E-state index is 13.3. The van der Waals surface area contributed by atoms with Crippen LogP contribution in [0.4, 0.5) is 0 Å². The van der Waals surface area contributed by atoms with Crippen LogP contribution in [0.3, 0.4) is 0 Å². The van der Waals surface area contributed by atoms with Gasteiger partial charge in [0.2, 0.25) is 17.7 Å². The van der Waals surface area contributed by atoms with Crippen molar-refractivity contribution in [3.8, 4) is 5.75 Å². The van der Waals surface area contributed by atoms with Gasteiger partial charge in [-0.05, 0) is 56.6 Å². The summed E-state index contributed by atoms with van der Waals surface area (Å²) in [6.45, 7) is 8.97. The summed E-state index contributed by atoms with van der Waals surface area (Å²) in [5, 5.41) is 11.7. The highest BCUT2D eigenvalue weighted by Crippen LogP contribution is 2.49. The Morgan fingerprint density at radius 2 is 1.94 bits per heavy atom. The number of likely N-dealkylation sites (tertiary alicyclic amines) is 2. The van der Waals surface area contributed by atoms with Crippen LogP contribution in [-0.2, 0) is 4.79 Å². The molecule has 2 aromatic rings. The number of nitrogens with one attached hydrogen (secondary N) is 1. The fourth-order valence-corrected chi connectivity index (χ4v) is 5.50. The van der Waals surface area contributed by atoms with Gasteiger partial charge in [-0.1, -0.05) is 26.0 Å². The number of ether oxygens (including phenoxy) is 1. The quantitative estimate of drug-likeness (QED) is 0.598. The molecule has 36 heavy (non-hydrogen) atoms. The van der Waals surface area contributed by atoms with E-state index in [1.165, 1.54) is 0 Å². The Kier molecular flexibility index (Phi) is 7.01. The van der Waals surface area contributed by atoms with E-state index in [2.05, 4.69) is 20.4 Å². The molecule has 194 valence electrons. The van der Waals surface area contributed by atoms with Crippen LogP contribution in [0.15, 0.2) is 28.7 Å². The Balaban J connectivity index is 1.29. The lowest BCUT2D eigenvalue weighted by molar-refractivity contribution is -0.122. The van der Waals surface area contributed by atoms with Gasteiger partial charge < -0.3 is 19.4 Å². The molecule has 1 saturated carbocycles. The van der Waals surface area contributed by atoms with Gasteiger partial charge in [0.05, 0.1) is 24.8 Å². The Bertz CT molecular complexity index is 1090. The molecular weight excluding hydrogens is 458 g/mol. The van der Waals surface area contributed by atoms with E-state index in [0.717, 1.165) is 38.6 Å². The molecule has 3 fully saturated rings. The number of benzene rings is 1. The van der Waals surface area contributed by atoms with Crippen molar-refractivity contribution < 1.29 is 18.7 Å². The molecule has 3 aliphatic rings. The molecule has 1 aliphatic carbocycles. The van der Waals surface area contributed by atoms with Gasteiger partial charge in [-0.15, -0.1) is 10.2 Å². The molecule has 1 unspecified atom stereocenters. The maximum absolute atomic E-state index is 13.3. The van der Waals surface area contributed by atoms with Crippen LogP contribution in [0, 0.1) is 5.41 Å². The molecular formula is C27H37N5O4. The summed E-state index contributed by atoms with van der Waals surface area (Å²) in [4.78, 5) is 30.2. The van der Waals surface area contributed by atoms with E-state index in [0.29, 0.717) is 55.4 Å². The first-order valence-corrected chi connectivity index (χ1v) is 13.3. The van der Waals surface area contributed by atoms with Crippen LogP contribution in [0.1, 0.15) is 87.0 Å². The third-order valence-corrected chi connectivity index (χ3v) is 7.66. The lowest BCUT2D eigenvalue weighted by atomic mass is 9.76. The Morgan fingerprint density at radius 3 is 2.61 bits per heavy atom. The zero-order valence-corrected chi connectivity index (χ0v) is 21.5. The van der Waals surface area contributed by atoms with Crippen molar-refractivity contribution in [1.82, 2.24) is 25.3 Å². The summed E-state index contributed by atoms with van der Waals surface area (Å²) in [5.41, 5.74) is 0.623. The summed E-state index contributed by atoms with van der Waals surface area (Å²) in [6.07, 6.45) is 4.73. The largest absolute Gasteiger partial charge is 0.493 e. The number of carbonyl (C=O) groups excluding carboxylic acids is 2. The fourth-order valence-electron chi connectivity index (χ4n) is 5.50. The second-order valence-electron chi connectivity index (χ2n) is 10.8. The second-order valence-corrected chi connectivity index (χ2v) is 10.8. The van der Waals surface area contributed by atoms with E-state index in [1.807, 2.05) is 49.9 Å². The molecule has 2 aliphatic heterocycles. The zero-order valence-electron chi connectivity index (χ0n) is 21.5. The minimum absolute atomic E-state index is 0.00715. The molecule has 2 amide bonds. The van der Waals surface area contributed by atoms with Gasteiger partial charge in [0.1, 0.15) is 5.75 Å². The van der Waals surface area contributed by atoms with E-state index in [4.69, 9.17) is 9.15 Å². The highest BCUT2D eigenvalue weighted by Gasteiger charge is 2.49. The predicted molar refractivity (Wildman–Crippen MR) is 134 cm³/mol. The number of hydrogen-bond donors (Lipinski definition) is 1. The number of piperidine rings is 1. The van der Waals surface area contributed by atoms with Crippen LogP contribution in [-0.4, -0.2) is 70.6 Å². The first-order chi connectivity index (χ1) is 17.4. The molecule has 1 spiro atoms. The van der Waals surface area contributed by atoms with E-state index in [-0.39, 0.29) is 29.2 Å². The summed E-state index contributed by atoms with van der Waals surface area (Å²) < 4.78 is 11.7. The van der Waals surface area contributed by atoms with Gasteiger partial charge in [0, 0.05) is 31.6 Å². The molecule has 2 saturated heterocycles. The van der Waals surface area contributed by atoms with Crippen LogP contribution in [0.5, 0.6) is 5.75 Å². The summed E-state index contributed by atoms with van der Waals surface area (Å²) in [6, 6.07) is 7.70. The topological polar surface area (TPSA) is 101 Å². The molecule has 1 aromatic heterocycles. The number of para-hydroxylation sites is 1. The summed E-state index contributed by atoms with van der Waals surface area (Å²) in [5.74, 6) is 2.09. The van der Waals surface area contributed by atoms with Gasteiger partial charge in [0.25, 0.3) is 5.91 Å². The molecule has 1 aromatic carbocycles. The predicted octanol–water partition coefficient (Wildman–Crippen LogP) is 3.54. The Labute approximate surface area is 212 Å². The first kappa shape index (κ1) is 24.7. The average Bonchev–Trinajstić information content (AvgIpc) is 3.41. The van der Waals surface area contributed by atoms with Crippen LogP contribution < -0.4 is 10.1 Å². The third kappa shape index (κ3) is 5.26. The van der Waals surface area contributed by atoms with Crippen molar-refractivity contribution in [2.75, 3.05) is 32.8 Å². The standard InChI is InChI=1S/C27H37N5O4/c1-4-35-22-8-6-5-7-20(22)26(34)31-13-11-27(12-14-31)15-21(25-30-29-24(36-25)18(2)3)32(17-27)16-23(33)28-19-9-10-19/h5-8,18-19,21H,4,9-17H2,1-3H3,(H,28,33). The summed E-state index contributed by atoms with van der Waals surface area (Å²) >= 11 is 0. The first-order valence-electron chi connectivity index (χ1n) is 13.3. The highest BCUT2D eigenvalue weighted by atomic mass is 16.5. The number of amides is 2. The van der Waals surface area contributed by atoms with Crippen LogP contribution in [0.2, 0.25) is 0 Å². The third-order valence-electron chi connectivity index (χ3n) is 7.66. The molecule has 9 heteroatoms. The summed E-state index contributed by atoms with van der Waals surface area (Å²) in [7, 11) is 0.